The number of benzene rings is 2. The third-order valence-electron chi connectivity index (χ3n) is 3.61. The summed E-state index contributed by atoms with van der Waals surface area (Å²) in [5.74, 6) is 1.44. The lowest BCUT2D eigenvalue weighted by atomic mass is 10.2. The number of aliphatic hydroxyl groups is 1. The Labute approximate surface area is 138 Å². The minimum atomic E-state index is -0.0138. The number of anilines is 1. The first-order valence-electron chi connectivity index (χ1n) is 7.34. The number of nitrogens with one attached hydrogen (secondary N) is 1. The average molecular weight is 330 g/mol. The molecule has 0 fully saturated rings. The van der Waals surface area contributed by atoms with Crippen molar-refractivity contribution in [2.24, 2.45) is 0 Å². The molecule has 1 aromatic heterocycles. The molecule has 0 aliphatic heterocycles. The molecule has 0 unspecified atom stereocenters. The minimum absolute atomic E-state index is 0.0138. The summed E-state index contributed by atoms with van der Waals surface area (Å²) >= 11 is 1.43. The SMILES string of the molecule is CCc1ccc(OC)c(SNc2noc3ccc(CO)cc23)c1. The number of hydrogen-bond donors (Lipinski definition) is 2. The fourth-order valence-corrected chi connectivity index (χ4v) is 3.10. The van der Waals surface area contributed by atoms with Gasteiger partial charge in [-0.05, 0) is 53.8 Å². The van der Waals surface area contributed by atoms with E-state index >= 15 is 0 Å². The van der Waals surface area contributed by atoms with E-state index in [1.807, 2.05) is 24.3 Å². The van der Waals surface area contributed by atoms with Gasteiger partial charge in [-0.2, -0.15) is 0 Å². The Kier molecular flexibility index (Phi) is 4.73. The van der Waals surface area contributed by atoms with Crippen molar-refractivity contribution < 1.29 is 14.4 Å². The van der Waals surface area contributed by atoms with Crippen LogP contribution < -0.4 is 9.46 Å². The van der Waals surface area contributed by atoms with Crippen LogP contribution in [0.1, 0.15) is 18.1 Å². The number of rotatable bonds is 6. The van der Waals surface area contributed by atoms with Crippen LogP contribution in [0.5, 0.6) is 5.75 Å². The van der Waals surface area contributed by atoms with Crippen LogP contribution in [0.15, 0.2) is 45.8 Å². The molecule has 0 saturated heterocycles. The number of nitrogens with zero attached hydrogens (tertiary/aromatic N) is 1. The highest BCUT2D eigenvalue weighted by Gasteiger charge is 2.11. The monoisotopic (exact) mass is 330 g/mol. The van der Waals surface area contributed by atoms with Crippen molar-refractivity contribution >= 4 is 28.7 Å². The van der Waals surface area contributed by atoms with Gasteiger partial charge in [0, 0.05) is 0 Å². The van der Waals surface area contributed by atoms with E-state index in [2.05, 4.69) is 28.9 Å². The van der Waals surface area contributed by atoms with Gasteiger partial charge in [0.2, 0.25) is 0 Å². The maximum Gasteiger partial charge on any atom is 0.187 e. The van der Waals surface area contributed by atoms with E-state index in [1.54, 1.807) is 7.11 Å². The second-order valence-electron chi connectivity index (χ2n) is 5.06. The van der Waals surface area contributed by atoms with E-state index < -0.39 is 0 Å². The van der Waals surface area contributed by atoms with Crippen LogP contribution in [0.25, 0.3) is 11.0 Å². The van der Waals surface area contributed by atoms with Gasteiger partial charge in [0.05, 0.1) is 24.0 Å². The Bertz CT molecular complexity index is 817. The minimum Gasteiger partial charge on any atom is -0.496 e. The smallest absolute Gasteiger partial charge is 0.187 e. The van der Waals surface area contributed by atoms with Crippen molar-refractivity contribution in [2.75, 3.05) is 11.8 Å². The van der Waals surface area contributed by atoms with Gasteiger partial charge in [-0.1, -0.05) is 24.2 Å². The van der Waals surface area contributed by atoms with Gasteiger partial charge in [0.25, 0.3) is 0 Å². The summed E-state index contributed by atoms with van der Waals surface area (Å²) in [6.45, 7) is 2.10. The molecule has 0 radical (unpaired) electrons. The quantitative estimate of drug-likeness (QED) is 0.666. The van der Waals surface area contributed by atoms with Crippen LogP contribution in [-0.4, -0.2) is 17.4 Å². The Morgan fingerprint density at radius 1 is 1.22 bits per heavy atom. The molecule has 0 amide bonds. The standard InChI is InChI=1S/C17H18N2O3S/c1-3-11-4-7-15(21-2)16(9-11)23-19-17-13-8-12(10-20)5-6-14(13)22-18-17/h4-9,20H,3,10H2,1-2H3,(H,18,19). The summed E-state index contributed by atoms with van der Waals surface area (Å²) in [5.41, 5.74) is 2.74. The lowest BCUT2D eigenvalue weighted by Gasteiger charge is -2.10. The van der Waals surface area contributed by atoms with E-state index in [0.29, 0.717) is 11.4 Å². The zero-order valence-corrected chi connectivity index (χ0v) is 13.8. The second-order valence-corrected chi connectivity index (χ2v) is 5.91. The maximum absolute atomic E-state index is 9.27. The third kappa shape index (κ3) is 3.28. The van der Waals surface area contributed by atoms with Gasteiger partial charge in [-0.25, -0.2) is 0 Å². The largest absolute Gasteiger partial charge is 0.496 e. The highest BCUT2D eigenvalue weighted by Crippen LogP contribution is 2.33. The van der Waals surface area contributed by atoms with Crippen molar-refractivity contribution in [2.45, 2.75) is 24.8 Å². The van der Waals surface area contributed by atoms with Crippen molar-refractivity contribution in [3.05, 3.63) is 47.5 Å². The number of aryl methyl sites for hydroxylation is 1. The third-order valence-corrected chi connectivity index (χ3v) is 4.45. The molecule has 3 rings (SSSR count). The molecular weight excluding hydrogens is 312 g/mol. The molecule has 5 nitrogen and oxygen atoms in total. The maximum atomic E-state index is 9.27. The number of methoxy groups -OCH3 is 1. The zero-order chi connectivity index (χ0) is 16.2. The molecule has 1 heterocycles. The normalized spacial score (nSPS) is 10.9. The number of fused-ring (bicyclic) bond motifs is 1. The molecule has 0 saturated carbocycles. The van der Waals surface area contributed by atoms with Crippen LogP contribution in [0.3, 0.4) is 0 Å². The predicted molar refractivity (Wildman–Crippen MR) is 91.8 cm³/mol. The molecule has 0 spiro atoms. The summed E-state index contributed by atoms with van der Waals surface area (Å²) in [6, 6.07) is 11.6. The first-order valence-corrected chi connectivity index (χ1v) is 8.15. The van der Waals surface area contributed by atoms with Crippen LogP contribution in [0.4, 0.5) is 5.82 Å². The Balaban J connectivity index is 1.86. The van der Waals surface area contributed by atoms with E-state index in [9.17, 15) is 5.11 Å². The molecular formula is C17H18N2O3S. The van der Waals surface area contributed by atoms with E-state index in [-0.39, 0.29) is 6.61 Å². The van der Waals surface area contributed by atoms with E-state index in [1.165, 1.54) is 17.5 Å². The van der Waals surface area contributed by atoms with Crippen molar-refractivity contribution in [1.82, 2.24) is 5.16 Å². The van der Waals surface area contributed by atoms with Crippen LogP contribution in [0, 0.1) is 0 Å². The van der Waals surface area contributed by atoms with Crippen LogP contribution >= 0.6 is 11.9 Å². The van der Waals surface area contributed by atoms with Gasteiger partial charge < -0.3 is 19.1 Å². The van der Waals surface area contributed by atoms with Gasteiger partial charge in [-0.3, -0.25) is 0 Å². The summed E-state index contributed by atoms with van der Waals surface area (Å²) in [7, 11) is 1.66. The molecule has 6 heteroatoms. The second kappa shape index (κ2) is 6.93. The topological polar surface area (TPSA) is 67.5 Å². The predicted octanol–water partition coefficient (Wildman–Crippen LogP) is 4.01. The van der Waals surface area contributed by atoms with E-state index in [0.717, 1.165) is 28.0 Å². The van der Waals surface area contributed by atoms with E-state index in [4.69, 9.17) is 9.26 Å². The molecule has 0 bridgehead atoms. The first-order chi connectivity index (χ1) is 11.2. The van der Waals surface area contributed by atoms with Crippen LogP contribution in [-0.2, 0) is 13.0 Å². The lowest BCUT2D eigenvalue weighted by Crippen LogP contribution is -1.93. The number of aliphatic hydroxyl groups excluding tert-OH is 1. The fourth-order valence-electron chi connectivity index (χ4n) is 2.28. The molecule has 3 aromatic rings. The molecule has 120 valence electrons. The Hall–Kier alpha value is -2.18. The summed E-state index contributed by atoms with van der Waals surface area (Å²) < 4.78 is 13.9. The molecule has 2 N–H and O–H groups in total. The van der Waals surface area contributed by atoms with Gasteiger partial charge >= 0.3 is 0 Å². The molecule has 0 aliphatic carbocycles. The Morgan fingerprint density at radius 2 is 2.04 bits per heavy atom. The van der Waals surface area contributed by atoms with Crippen molar-refractivity contribution in [3.63, 3.8) is 0 Å². The van der Waals surface area contributed by atoms with Crippen LogP contribution in [0.2, 0.25) is 0 Å². The number of ether oxygens (including phenoxy) is 1. The summed E-state index contributed by atoms with van der Waals surface area (Å²) in [4.78, 5) is 0.987. The lowest BCUT2D eigenvalue weighted by molar-refractivity contribution is 0.282. The summed E-state index contributed by atoms with van der Waals surface area (Å²) in [6.07, 6.45) is 0.963. The molecule has 0 atom stereocenters. The number of hydrogen-bond acceptors (Lipinski definition) is 6. The fraction of sp³-hybridized carbons (Fsp3) is 0.235. The molecule has 2 aromatic carbocycles. The van der Waals surface area contributed by atoms with Gasteiger partial charge in [0.1, 0.15) is 5.75 Å². The van der Waals surface area contributed by atoms with Gasteiger partial charge in [0.15, 0.2) is 11.4 Å². The zero-order valence-electron chi connectivity index (χ0n) is 13.0. The van der Waals surface area contributed by atoms with Crippen molar-refractivity contribution in [3.8, 4) is 5.75 Å². The molecule has 0 aliphatic rings. The highest BCUT2D eigenvalue weighted by molar-refractivity contribution is 8.00. The first kappa shape index (κ1) is 15.7. The highest BCUT2D eigenvalue weighted by atomic mass is 32.2. The Morgan fingerprint density at radius 3 is 2.78 bits per heavy atom. The number of aromatic nitrogens is 1. The van der Waals surface area contributed by atoms with Gasteiger partial charge in [-0.15, -0.1) is 0 Å². The average Bonchev–Trinajstić information content (AvgIpc) is 3.01. The van der Waals surface area contributed by atoms with Crippen molar-refractivity contribution in [1.29, 1.82) is 0 Å². The summed E-state index contributed by atoms with van der Waals surface area (Å²) in [5, 5.41) is 14.2. The molecule has 23 heavy (non-hydrogen) atoms.